The van der Waals surface area contributed by atoms with Gasteiger partial charge in [0.1, 0.15) is 6.07 Å². The average molecular weight is 576 g/mol. The van der Waals surface area contributed by atoms with Gasteiger partial charge in [0, 0.05) is 27.5 Å². The molecule has 0 fully saturated rings. The van der Waals surface area contributed by atoms with Gasteiger partial charge in [-0.15, -0.1) is 0 Å². The molecule has 0 saturated carbocycles. The average Bonchev–Trinajstić information content (AvgIpc) is 3.46. The minimum absolute atomic E-state index is 0.494. The van der Waals surface area contributed by atoms with Gasteiger partial charge < -0.3 is 4.57 Å². The summed E-state index contributed by atoms with van der Waals surface area (Å²) < 4.78 is 2.18. The Labute approximate surface area is 260 Å². The number of rotatable bonds is 5. The first-order chi connectivity index (χ1) is 22.3. The lowest BCUT2D eigenvalue weighted by Crippen LogP contribution is -2.06. The molecule has 0 spiro atoms. The molecule has 45 heavy (non-hydrogen) atoms. The van der Waals surface area contributed by atoms with Crippen molar-refractivity contribution in [3.8, 4) is 57.0 Å². The standard InChI is InChI=1S/C40H25N5/c41-26-31-24-30(27-14-4-1-5-15-27)25-34(37(31)45-35-22-12-10-20-32(35)33-21-11-13-23-36(33)45)40-43-38(28-16-6-2-7-17-28)42-39(44-40)29-18-8-3-9-19-29/h1-25H. The monoisotopic (exact) mass is 575 g/mol. The molecule has 0 radical (unpaired) electrons. The van der Waals surface area contributed by atoms with Crippen molar-refractivity contribution in [3.63, 3.8) is 0 Å². The fourth-order valence-corrected chi connectivity index (χ4v) is 6.02. The molecule has 0 unspecified atom stereocenters. The van der Waals surface area contributed by atoms with Crippen LogP contribution in [0.25, 0.3) is 72.8 Å². The Hall–Kier alpha value is -6.38. The van der Waals surface area contributed by atoms with E-state index in [0.717, 1.165) is 55.3 Å². The van der Waals surface area contributed by atoms with E-state index in [9.17, 15) is 5.26 Å². The first kappa shape index (κ1) is 26.3. The number of benzene rings is 6. The van der Waals surface area contributed by atoms with Crippen LogP contribution in [-0.2, 0) is 0 Å². The number of para-hydroxylation sites is 2. The Balaban J connectivity index is 1.51. The maximum Gasteiger partial charge on any atom is 0.166 e. The van der Waals surface area contributed by atoms with Crippen LogP contribution in [0.2, 0.25) is 0 Å². The van der Waals surface area contributed by atoms with Gasteiger partial charge in [0.05, 0.1) is 22.3 Å². The molecule has 0 N–H and O–H groups in total. The molecule has 8 aromatic rings. The van der Waals surface area contributed by atoms with Crippen LogP contribution in [0.1, 0.15) is 5.56 Å². The number of hydrogen-bond acceptors (Lipinski definition) is 4. The van der Waals surface area contributed by atoms with E-state index >= 15 is 0 Å². The van der Waals surface area contributed by atoms with Crippen LogP contribution in [0, 0.1) is 11.3 Å². The highest BCUT2D eigenvalue weighted by Gasteiger charge is 2.23. The first-order valence-electron chi connectivity index (χ1n) is 14.8. The van der Waals surface area contributed by atoms with Crippen molar-refractivity contribution in [2.45, 2.75) is 0 Å². The number of nitrogens with zero attached hydrogens (tertiary/aromatic N) is 5. The quantitative estimate of drug-likeness (QED) is 0.205. The number of fused-ring (bicyclic) bond motifs is 3. The lowest BCUT2D eigenvalue weighted by Gasteiger charge is -2.18. The Bertz CT molecular complexity index is 2260. The Morgan fingerprint density at radius 3 is 1.40 bits per heavy atom. The molecular formula is C40H25N5. The summed E-state index contributed by atoms with van der Waals surface area (Å²) in [6, 6.07) is 53.2. The Morgan fingerprint density at radius 2 is 0.889 bits per heavy atom. The molecule has 0 amide bonds. The maximum atomic E-state index is 10.8. The molecule has 0 saturated heterocycles. The largest absolute Gasteiger partial charge is 0.307 e. The van der Waals surface area contributed by atoms with Gasteiger partial charge in [0.15, 0.2) is 17.5 Å². The van der Waals surface area contributed by atoms with E-state index in [-0.39, 0.29) is 0 Å². The van der Waals surface area contributed by atoms with Crippen LogP contribution in [0.4, 0.5) is 0 Å². The second kappa shape index (κ2) is 11.0. The summed E-state index contributed by atoms with van der Waals surface area (Å²) >= 11 is 0. The fourth-order valence-electron chi connectivity index (χ4n) is 6.02. The predicted molar refractivity (Wildman–Crippen MR) is 181 cm³/mol. The minimum atomic E-state index is 0.494. The summed E-state index contributed by atoms with van der Waals surface area (Å²) in [5, 5.41) is 13.0. The molecule has 6 aromatic carbocycles. The second-order valence-corrected chi connectivity index (χ2v) is 10.8. The Kier molecular flexibility index (Phi) is 6.44. The van der Waals surface area contributed by atoms with Crippen molar-refractivity contribution >= 4 is 21.8 Å². The van der Waals surface area contributed by atoms with Crippen LogP contribution in [0.5, 0.6) is 0 Å². The van der Waals surface area contributed by atoms with Crippen molar-refractivity contribution in [1.29, 1.82) is 5.26 Å². The molecule has 0 aliphatic carbocycles. The van der Waals surface area contributed by atoms with Gasteiger partial charge in [-0.3, -0.25) is 0 Å². The molecule has 8 rings (SSSR count). The highest BCUT2D eigenvalue weighted by Crippen LogP contribution is 2.40. The van der Waals surface area contributed by atoms with Crippen molar-refractivity contribution in [2.24, 2.45) is 0 Å². The topological polar surface area (TPSA) is 67.4 Å². The van der Waals surface area contributed by atoms with Crippen molar-refractivity contribution in [3.05, 3.63) is 157 Å². The number of nitriles is 1. The van der Waals surface area contributed by atoms with E-state index in [1.165, 1.54) is 0 Å². The fraction of sp³-hybridized carbons (Fsp3) is 0. The zero-order valence-corrected chi connectivity index (χ0v) is 24.2. The normalized spacial score (nSPS) is 11.1. The molecule has 210 valence electrons. The SMILES string of the molecule is N#Cc1cc(-c2ccccc2)cc(-c2nc(-c3ccccc3)nc(-c3ccccc3)n2)c1-n1c2ccccc2c2ccccc21. The van der Waals surface area contributed by atoms with Gasteiger partial charge in [-0.05, 0) is 35.4 Å². The van der Waals surface area contributed by atoms with Gasteiger partial charge in [-0.2, -0.15) is 5.26 Å². The van der Waals surface area contributed by atoms with Crippen molar-refractivity contribution in [2.75, 3.05) is 0 Å². The highest BCUT2D eigenvalue weighted by molar-refractivity contribution is 6.10. The Morgan fingerprint density at radius 1 is 0.444 bits per heavy atom. The van der Waals surface area contributed by atoms with Crippen molar-refractivity contribution in [1.82, 2.24) is 19.5 Å². The lowest BCUT2D eigenvalue weighted by molar-refractivity contribution is 1.06. The summed E-state index contributed by atoms with van der Waals surface area (Å²) in [5.74, 6) is 1.63. The van der Waals surface area contributed by atoms with E-state index in [2.05, 4.69) is 53.1 Å². The van der Waals surface area contributed by atoms with E-state index in [1.54, 1.807) is 0 Å². The predicted octanol–water partition coefficient (Wildman–Crippen LogP) is 9.51. The second-order valence-electron chi connectivity index (χ2n) is 10.8. The number of hydrogen-bond donors (Lipinski definition) is 0. The summed E-state index contributed by atoms with van der Waals surface area (Å²) in [7, 11) is 0. The van der Waals surface area contributed by atoms with Gasteiger partial charge in [-0.1, -0.05) is 127 Å². The third-order valence-corrected chi connectivity index (χ3v) is 8.08. The van der Waals surface area contributed by atoms with Crippen LogP contribution < -0.4 is 0 Å². The molecule has 0 aliphatic heterocycles. The van der Waals surface area contributed by atoms with Crippen LogP contribution in [0.15, 0.2) is 152 Å². The van der Waals surface area contributed by atoms with Gasteiger partial charge in [-0.25, -0.2) is 15.0 Å². The zero-order valence-electron chi connectivity index (χ0n) is 24.2. The van der Waals surface area contributed by atoms with Gasteiger partial charge in [0.2, 0.25) is 0 Å². The van der Waals surface area contributed by atoms with Gasteiger partial charge >= 0.3 is 0 Å². The molecule has 0 aliphatic rings. The van der Waals surface area contributed by atoms with Crippen LogP contribution in [0.3, 0.4) is 0 Å². The lowest BCUT2D eigenvalue weighted by atomic mass is 9.97. The highest BCUT2D eigenvalue weighted by atomic mass is 15.1. The summed E-state index contributed by atoms with van der Waals surface area (Å²) in [6.07, 6.45) is 0. The smallest absolute Gasteiger partial charge is 0.166 e. The van der Waals surface area contributed by atoms with E-state index < -0.39 is 0 Å². The first-order valence-corrected chi connectivity index (χ1v) is 14.8. The molecule has 5 nitrogen and oxygen atoms in total. The molecular weight excluding hydrogens is 550 g/mol. The molecule has 0 atom stereocenters. The molecule has 5 heteroatoms. The summed E-state index contributed by atoms with van der Waals surface area (Å²) in [5.41, 5.74) is 7.71. The van der Waals surface area contributed by atoms with Crippen molar-refractivity contribution < 1.29 is 0 Å². The zero-order chi connectivity index (χ0) is 30.2. The van der Waals surface area contributed by atoms with Crippen LogP contribution >= 0.6 is 0 Å². The van der Waals surface area contributed by atoms with E-state index in [0.29, 0.717) is 23.0 Å². The van der Waals surface area contributed by atoms with Crippen LogP contribution in [-0.4, -0.2) is 19.5 Å². The molecule has 2 aromatic heterocycles. The van der Waals surface area contributed by atoms with E-state index in [4.69, 9.17) is 15.0 Å². The maximum absolute atomic E-state index is 10.8. The third-order valence-electron chi connectivity index (χ3n) is 8.08. The number of aromatic nitrogens is 4. The third kappa shape index (κ3) is 4.62. The van der Waals surface area contributed by atoms with E-state index in [1.807, 2.05) is 109 Å². The molecule has 2 heterocycles. The minimum Gasteiger partial charge on any atom is -0.307 e. The summed E-state index contributed by atoms with van der Waals surface area (Å²) in [4.78, 5) is 15.1. The summed E-state index contributed by atoms with van der Waals surface area (Å²) in [6.45, 7) is 0. The molecule has 0 bridgehead atoms. The van der Waals surface area contributed by atoms with Gasteiger partial charge in [0.25, 0.3) is 0 Å².